The molecular weight excluding hydrogens is 273 g/mol. The number of rotatable bonds is 2. The molecule has 0 saturated carbocycles. The standard InChI is InChI=1S/C14H12FN5O/c15-10-3-1-9(2-4-10)13-18-19-14(21-13)20-6-5-11-12(7-20)17-8-16-11/h1-4,8H,5-7H2,(H,16,17). The molecule has 0 aliphatic carbocycles. The number of H-pyrrole nitrogens is 1. The van der Waals surface area contributed by atoms with Crippen LogP contribution in [0.5, 0.6) is 0 Å². The van der Waals surface area contributed by atoms with Gasteiger partial charge in [0, 0.05) is 18.5 Å². The molecule has 0 radical (unpaired) electrons. The molecule has 0 spiro atoms. The van der Waals surface area contributed by atoms with Gasteiger partial charge in [-0.05, 0) is 24.3 Å². The summed E-state index contributed by atoms with van der Waals surface area (Å²) in [6.45, 7) is 1.45. The molecule has 21 heavy (non-hydrogen) atoms. The van der Waals surface area contributed by atoms with E-state index in [2.05, 4.69) is 20.2 Å². The van der Waals surface area contributed by atoms with E-state index in [1.807, 2.05) is 4.90 Å². The Balaban J connectivity index is 1.59. The zero-order chi connectivity index (χ0) is 14.2. The Morgan fingerprint density at radius 3 is 2.90 bits per heavy atom. The van der Waals surface area contributed by atoms with Gasteiger partial charge in [0.2, 0.25) is 5.89 Å². The number of halogens is 1. The van der Waals surface area contributed by atoms with Crippen molar-refractivity contribution in [2.24, 2.45) is 0 Å². The number of hydrogen-bond acceptors (Lipinski definition) is 5. The highest BCUT2D eigenvalue weighted by Crippen LogP contribution is 2.25. The molecule has 0 saturated heterocycles. The molecule has 0 unspecified atom stereocenters. The van der Waals surface area contributed by atoms with E-state index in [4.69, 9.17) is 4.42 Å². The van der Waals surface area contributed by atoms with Crippen LogP contribution in [0.3, 0.4) is 0 Å². The van der Waals surface area contributed by atoms with E-state index in [1.54, 1.807) is 18.5 Å². The summed E-state index contributed by atoms with van der Waals surface area (Å²) >= 11 is 0. The molecule has 1 aromatic carbocycles. The third-order valence-electron chi connectivity index (χ3n) is 3.55. The molecule has 3 aromatic rings. The summed E-state index contributed by atoms with van der Waals surface area (Å²) in [5.41, 5.74) is 2.86. The fourth-order valence-electron chi connectivity index (χ4n) is 2.43. The van der Waals surface area contributed by atoms with Crippen LogP contribution >= 0.6 is 0 Å². The summed E-state index contributed by atoms with van der Waals surface area (Å²) in [6, 6.07) is 6.45. The van der Waals surface area contributed by atoms with Crippen molar-refractivity contribution < 1.29 is 8.81 Å². The predicted molar refractivity (Wildman–Crippen MR) is 73.0 cm³/mol. The number of aromatic amines is 1. The van der Waals surface area contributed by atoms with Gasteiger partial charge in [-0.25, -0.2) is 9.37 Å². The van der Waals surface area contributed by atoms with Crippen LogP contribution in [0.2, 0.25) is 0 Å². The van der Waals surface area contributed by atoms with Gasteiger partial charge in [0.1, 0.15) is 5.82 Å². The number of aromatic nitrogens is 4. The molecule has 1 aliphatic heterocycles. The Morgan fingerprint density at radius 1 is 1.19 bits per heavy atom. The fraction of sp³-hybridized carbons (Fsp3) is 0.214. The van der Waals surface area contributed by atoms with Gasteiger partial charge in [-0.15, -0.1) is 5.10 Å². The van der Waals surface area contributed by atoms with Crippen LogP contribution < -0.4 is 4.90 Å². The zero-order valence-corrected chi connectivity index (χ0v) is 11.1. The molecule has 0 fully saturated rings. The van der Waals surface area contributed by atoms with Crippen LogP contribution in [0.25, 0.3) is 11.5 Å². The highest BCUT2D eigenvalue weighted by molar-refractivity contribution is 5.53. The van der Waals surface area contributed by atoms with Gasteiger partial charge in [0.25, 0.3) is 0 Å². The molecule has 7 heteroatoms. The van der Waals surface area contributed by atoms with Crippen LogP contribution in [0.1, 0.15) is 11.4 Å². The average molecular weight is 285 g/mol. The van der Waals surface area contributed by atoms with Crippen molar-refractivity contribution >= 4 is 6.01 Å². The SMILES string of the molecule is Fc1ccc(-c2nnc(N3CCc4nc[nH]c4C3)o2)cc1. The quantitative estimate of drug-likeness (QED) is 0.781. The normalized spacial score (nSPS) is 14.2. The first-order chi connectivity index (χ1) is 10.3. The Labute approximate surface area is 119 Å². The second kappa shape index (κ2) is 4.69. The van der Waals surface area contributed by atoms with Crippen molar-refractivity contribution in [3.05, 3.63) is 47.8 Å². The van der Waals surface area contributed by atoms with Crippen LogP contribution in [0.4, 0.5) is 10.4 Å². The largest absolute Gasteiger partial charge is 0.403 e. The van der Waals surface area contributed by atoms with Crippen LogP contribution in [0, 0.1) is 5.82 Å². The summed E-state index contributed by atoms with van der Waals surface area (Å²) in [4.78, 5) is 9.38. The van der Waals surface area contributed by atoms with E-state index in [-0.39, 0.29) is 5.82 Å². The Morgan fingerprint density at radius 2 is 2.05 bits per heavy atom. The number of imidazole rings is 1. The lowest BCUT2D eigenvalue weighted by Gasteiger charge is -2.23. The van der Waals surface area contributed by atoms with E-state index in [0.29, 0.717) is 24.0 Å². The molecule has 0 atom stereocenters. The van der Waals surface area contributed by atoms with Crippen molar-refractivity contribution in [3.63, 3.8) is 0 Å². The molecule has 1 aliphatic rings. The maximum atomic E-state index is 12.9. The van der Waals surface area contributed by atoms with Crippen LogP contribution in [-0.2, 0) is 13.0 Å². The lowest BCUT2D eigenvalue weighted by molar-refractivity contribution is 0.530. The predicted octanol–water partition coefficient (Wildman–Crippen LogP) is 2.16. The van der Waals surface area contributed by atoms with E-state index >= 15 is 0 Å². The second-order valence-electron chi connectivity index (χ2n) is 4.90. The Hall–Kier alpha value is -2.70. The van der Waals surface area contributed by atoms with E-state index in [1.165, 1.54) is 12.1 Å². The molecule has 0 amide bonds. The average Bonchev–Trinajstić information content (AvgIpc) is 3.16. The first-order valence-electron chi connectivity index (χ1n) is 6.65. The van der Waals surface area contributed by atoms with Crippen molar-refractivity contribution in [3.8, 4) is 11.5 Å². The number of fused-ring (bicyclic) bond motifs is 1. The fourth-order valence-corrected chi connectivity index (χ4v) is 2.43. The van der Waals surface area contributed by atoms with E-state index in [9.17, 15) is 4.39 Å². The summed E-state index contributed by atoms with van der Waals surface area (Å²) in [7, 11) is 0. The molecule has 3 heterocycles. The highest BCUT2D eigenvalue weighted by Gasteiger charge is 2.22. The van der Waals surface area contributed by atoms with Gasteiger partial charge in [-0.2, -0.15) is 0 Å². The third kappa shape index (κ3) is 2.16. The number of anilines is 1. The van der Waals surface area contributed by atoms with Gasteiger partial charge >= 0.3 is 6.01 Å². The molecular formula is C14H12FN5O. The molecule has 4 rings (SSSR count). The molecule has 0 bridgehead atoms. The second-order valence-corrected chi connectivity index (χ2v) is 4.90. The number of benzene rings is 1. The molecule has 106 valence electrons. The number of hydrogen-bond donors (Lipinski definition) is 1. The maximum Gasteiger partial charge on any atom is 0.318 e. The topological polar surface area (TPSA) is 70.8 Å². The van der Waals surface area contributed by atoms with Crippen molar-refractivity contribution in [2.45, 2.75) is 13.0 Å². The smallest absolute Gasteiger partial charge is 0.318 e. The first kappa shape index (κ1) is 12.1. The first-order valence-corrected chi connectivity index (χ1v) is 6.65. The Kier molecular flexibility index (Phi) is 2.70. The van der Waals surface area contributed by atoms with Crippen LogP contribution in [0.15, 0.2) is 35.0 Å². The Bertz CT molecular complexity index is 764. The van der Waals surface area contributed by atoms with Crippen molar-refractivity contribution in [2.75, 3.05) is 11.4 Å². The van der Waals surface area contributed by atoms with Crippen molar-refractivity contribution in [1.82, 2.24) is 20.2 Å². The van der Waals surface area contributed by atoms with Gasteiger partial charge in [-0.3, -0.25) is 0 Å². The highest BCUT2D eigenvalue weighted by atomic mass is 19.1. The zero-order valence-electron chi connectivity index (χ0n) is 11.1. The monoisotopic (exact) mass is 285 g/mol. The molecule has 6 nitrogen and oxygen atoms in total. The number of nitrogens with one attached hydrogen (secondary N) is 1. The third-order valence-corrected chi connectivity index (χ3v) is 3.55. The van der Waals surface area contributed by atoms with Crippen molar-refractivity contribution in [1.29, 1.82) is 0 Å². The summed E-state index contributed by atoms with van der Waals surface area (Å²) in [5, 5.41) is 8.11. The van der Waals surface area contributed by atoms with Gasteiger partial charge in [0.05, 0.1) is 24.3 Å². The van der Waals surface area contributed by atoms with Gasteiger partial charge in [-0.1, -0.05) is 5.10 Å². The minimum atomic E-state index is -0.290. The summed E-state index contributed by atoms with van der Waals surface area (Å²) in [5.74, 6) is 0.0988. The lowest BCUT2D eigenvalue weighted by Crippen LogP contribution is -2.30. The number of nitrogens with zero attached hydrogens (tertiary/aromatic N) is 4. The van der Waals surface area contributed by atoms with Gasteiger partial charge < -0.3 is 14.3 Å². The minimum Gasteiger partial charge on any atom is -0.403 e. The van der Waals surface area contributed by atoms with Gasteiger partial charge in [0.15, 0.2) is 0 Å². The summed E-state index contributed by atoms with van der Waals surface area (Å²) < 4.78 is 18.6. The van der Waals surface area contributed by atoms with E-state index in [0.717, 1.165) is 24.4 Å². The summed E-state index contributed by atoms with van der Waals surface area (Å²) in [6.07, 6.45) is 2.54. The minimum absolute atomic E-state index is 0.290. The molecule has 2 aromatic heterocycles. The lowest BCUT2D eigenvalue weighted by atomic mass is 10.1. The van der Waals surface area contributed by atoms with E-state index < -0.39 is 0 Å². The van der Waals surface area contributed by atoms with Crippen LogP contribution in [-0.4, -0.2) is 26.7 Å². The maximum absolute atomic E-state index is 12.9. The molecule has 1 N–H and O–H groups in total.